The molecule has 0 bridgehead atoms. The van der Waals surface area contributed by atoms with Gasteiger partial charge in [-0.2, -0.15) is 9.98 Å². The number of carbonyl (C=O) groups excluding carboxylic acids is 2. The second kappa shape index (κ2) is 6.06. The van der Waals surface area contributed by atoms with Crippen molar-refractivity contribution in [3.05, 3.63) is 22.8 Å². The van der Waals surface area contributed by atoms with Gasteiger partial charge in [0, 0.05) is 5.56 Å². The molecule has 18 heavy (non-hydrogen) atoms. The molecule has 0 fully saturated rings. The summed E-state index contributed by atoms with van der Waals surface area (Å²) in [6, 6.07) is 1.92. The van der Waals surface area contributed by atoms with Crippen LogP contribution in [0.2, 0.25) is 0 Å². The van der Waals surface area contributed by atoms with Crippen LogP contribution in [0.5, 0.6) is 0 Å². The summed E-state index contributed by atoms with van der Waals surface area (Å²) >= 11 is 0. The van der Waals surface area contributed by atoms with E-state index in [2.05, 4.69) is 23.8 Å². The fraction of sp³-hybridized carbons (Fsp3) is 0.429. The molecule has 0 N–H and O–H groups in total. The van der Waals surface area contributed by atoms with Gasteiger partial charge in [-0.25, -0.2) is 9.59 Å². The van der Waals surface area contributed by atoms with Crippen LogP contribution >= 0.6 is 0 Å². The number of hydrogen-bond donors (Lipinski definition) is 0. The highest BCUT2D eigenvalue weighted by Crippen LogP contribution is 2.35. The van der Waals surface area contributed by atoms with E-state index in [0.717, 1.165) is 23.1 Å². The molecule has 4 nitrogen and oxygen atoms in total. The van der Waals surface area contributed by atoms with Crippen LogP contribution in [0.3, 0.4) is 0 Å². The molecule has 0 unspecified atom stereocenters. The van der Waals surface area contributed by atoms with Crippen molar-refractivity contribution in [2.45, 2.75) is 34.1 Å². The minimum atomic E-state index is 0.449. The Balaban J connectivity index is 3.54. The Labute approximate surface area is 106 Å². The van der Waals surface area contributed by atoms with Crippen LogP contribution < -0.4 is 0 Å². The first-order valence-electron chi connectivity index (χ1n) is 5.80. The van der Waals surface area contributed by atoms with Crippen LogP contribution in [0, 0.1) is 19.8 Å². The first-order valence-corrected chi connectivity index (χ1v) is 5.80. The maximum atomic E-state index is 10.5. The molecule has 0 aromatic heterocycles. The number of aliphatic imine (C=N–C) groups is 2. The van der Waals surface area contributed by atoms with E-state index in [9.17, 15) is 9.59 Å². The fourth-order valence-corrected chi connectivity index (χ4v) is 2.06. The zero-order valence-corrected chi connectivity index (χ0v) is 11.1. The van der Waals surface area contributed by atoms with E-state index in [1.165, 1.54) is 6.08 Å². The van der Waals surface area contributed by atoms with Gasteiger partial charge in [0.05, 0.1) is 11.4 Å². The Morgan fingerprint density at radius 3 is 2.17 bits per heavy atom. The van der Waals surface area contributed by atoms with Crippen LogP contribution in [0.1, 0.15) is 30.5 Å². The van der Waals surface area contributed by atoms with E-state index in [1.807, 2.05) is 13.0 Å². The Bertz CT molecular complexity index is 549. The van der Waals surface area contributed by atoms with Gasteiger partial charge in [0.2, 0.25) is 12.2 Å². The highest BCUT2D eigenvalue weighted by molar-refractivity contribution is 5.71. The van der Waals surface area contributed by atoms with Crippen LogP contribution in [0.25, 0.3) is 0 Å². The highest BCUT2D eigenvalue weighted by Gasteiger charge is 2.13. The molecule has 0 atom stereocenters. The maximum Gasteiger partial charge on any atom is 0.240 e. The van der Waals surface area contributed by atoms with E-state index < -0.39 is 0 Å². The van der Waals surface area contributed by atoms with Crippen molar-refractivity contribution < 1.29 is 9.59 Å². The topological polar surface area (TPSA) is 58.9 Å². The van der Waals surface area contributed by atoms with Crippen LogP contribution in [-0.2, 0) is 16.0 Å². The summed E-state index contributed by atoms with van der Waals surface area (Å²) in [4.78, 5) is 28.4. The average molecular weight is 244 g/mol. The summed E-state index contributed by atoms with van der Waals surface area (Å²) in [5.41, 5.74) is 3.69. The zero-order valence-electron chi connectivity index (χ0n) is 11.1. The van der Waals surface area contributed by atoms with Gasteiger partial charge in [-0.05, 0) is 37.3 Å². The summed E-state index contributed by atoms with van der Waals surface area (Å²) in [5, 5.41) is 0. The van der Waals surface area contributed by atoms with Crippen LogP contribution in [0.15, 0.2) is 16.1 Å². The van der Waals surface area contributed by atoms with E-state index >= 15 is 0 Å². The number of rotatable bonds is 4. The normalized spacial score (nSPS) is 9.83. The third kappa shape index (κ3) is 3.01. The third-order valence-electron chi connectivity index (χ3n) is 2.72. The highest BCUT2D eigenvalue weighted by atomic mass is 16.1. The number of aryl methyl sites for hydroxylation is 1. The van der Waals surface area contributed by atoms with Gasteiger partial charge in [0.25, 0.3) is 0 Å². The second-order valence-electron chi connectivity index (χ2n) is 4.68. The summed E-state index contributed by atoms with van der Waals surface area (Å²) in [6.07, 6.45) is 3.90. The summed E-state index contributed by atoms with van der Waals surface area (Å²) < 4.78 is 0. The monoisotopic (exact) mass is 244 g/mol. The SMILES string of the molecule is Cc1cc(CC(C)C)c(N=C=O)c(C)c1N=C=O. The van der Waals surface area contributed by atoms with Gasteiger partial charge in [0.1, 0.15) is 0 Å². The molecule has 1 aromatic carbocycles. The smallest absolute Gasteiger partial charge is 0.211 e. The van der Waals surface area contributed by atoms with Crippen molar-refractivity contribution in [1.29, 1.82) is 0 Å². The van der Waals surface area contributed by atoms with E-state index in [-0.39, 0.29) is 0 Å². The lowest BCUT2D eigenvalue weighted by Gasteiger charge is -2.13. The molecular weight excluding hydrogens is 228 g/mol. The summed E-state index contributed by atoms with van der Waals surface area (Å²) in [6.45, 7) is 7.86. The molecule has 0 aliphatic rings. The van der Waals surface area contributed by atoms with Crippen molar-refractivity contribution in [1.82, 2.24) is 0 Å². The number of hydrogen-bond acceptors (Lipinski definition) is 4. The van der Waals surface area contributed by atoms with Crippen molar-refractivity contribution >= 4 is 23.5 Å². The predicted molar refractivity (Wildman–Crippen MR) is 70.0 cm³/mol. The molecule has 1 aromatic rings. The lowest BCUT2D eigenvalue weighted by Crippen LogP contribution is -1.97. The van der Waals surface area contributed by atoms with Gasteiger partial charge in [-0.3, -0.25) is 0 Å². The second-order valence-corrected chi connectivity index (χ2v) is 4.68. The summed E-state index contributed by atoms with van der Waals surface area (Å²) in [5.74, 6) is 0.449. The van der Waals surface area contributed by atoms with Gasteiger partial charge in [0.15, 0.2) is 0 Å². The van der Waals surface area contributed by atoms with Crippen LogP contribution in [-0.4, -0.2) is 12.2 Å². The molecule has 0 radical (unpaired) electrons. The molecular formula is C14H16N2O2. The number of nitrogens with zero attached hydrogens (tertiary/aromatic N) is 2. The quantitative estimate of drug-likeness (QED) is 0.601. The molecule has 0 spiro atoms. The molecule has 0 amide bonds. The predicted octanol–water partition coefficient (Wildman–Crippen LogP) is 3.44. The Kier molecular flexibility index (Phi) is 4.73. The average Bonchev–Trinajstić information content (AvgIpc) is 2.29. The zero-order chi connectivity index (χ0) is 13.7. The van der Waals surface area contributed by atoms with Gasteiger partial charge >= 0.3 is 0 Å². The van der Waals surface area contributed by atoms with Crippen LogP contribution in [0.4, 0.5) is 11.4 Å². The van der Waals surface area contributed by atoms with Crippen molar-refractivity contribution in [2.24, 2.45) is 15.9 Å². The van der Waals surface area contributed by atoms with Gasteiger partial charge in [-0.15, -0.1) is 0 Å². The first kappa shape index (κ1) is 14.0. The number of benzene rings is 1. The minimum Gasteiger partial charge on any atom is -0.211 e. The largest absolute Gasteiger partial charge is 0.240 e. The molecule has 0 aliphatic carbocycles. The molecule has 94 valence electrons. The fourth-order valence-electron chi connectivity index (χ4n) is 2.06. The van der Waals surface area contributed by atoms with Gasteiger partial charge < -0.3 is 0 Å². The molecule has 0 saturated heterocycles. The van der Waals surface area contributed by atoms with Gasteiger partial charge in [-0.1, -0.05) is 19.9 Å². The Hall–Kier alpha value is -2.02. The lowest BCUT2D eigenvalue weighted by molar-refractivity contribution is 0.564. The Morgan fingerprint density at radius 2 is 1.67 bits per heavy atom. The maximum absolute atomic E-state index is 10.5. The first-order chi connectivity index (χ1) is 8.51. The molecule has 0 aliphatic heterocycles. The van der Waals surface area contributed by atoms with Crippen molar-refractivity contribution in [3.63, 3.8) is 0 Å². The molecule has 1 rings (SSSR count). The van der Waals surface area contributed by atoms with Crippen molar-refractivity contribution in [2.75, 3.05) is 0 Å². The van der Waals surface area contributed by atoms with Crippen molar-refractivity contribution in [3.8, 4) is 0 Å². The molecule has 0 saturated carbocycles. The summed E-state index contributed by atoms with van der Waals surface area (Å²) in [7, 11) is 0. The van der Waals surface area contributed by atoms with E-state index in [1.54, 1.807) is 13.0 Å². The minimum absolute atomic E-state index is 0.449. The number of isocyanates is 2. The van der Waals surface area contributed by atoms with E-state index in [0.29, 0.717) is 17.3 Å². The molecule has 4 heteroatoms. The lowest BCUT2D eigenvalue weighted by atomic mass is 9.95. The molecule has 0 heterocycles. The Morgan fingerprint density at radius 1 is 1.11 bits per heavy atom. The standard InChI is InChI=1S/C14H16N2O2/c1-9(2)5-12-6-10(3)13(15-7-17)11(4)14(12)16-8-18/h6,9H,5H2,1-4H3. The van der Waals surface area contributed by atoms with E-state index in [4.69, 9.17) is 0 Å². The third-order valence-corrected chi connectivity index (χ3v) is 2.72.